The summed E-state index contributed by atoms with van der Waals surface area (Å²) in [5.41, 5.74) is 2.29. The van der Waals surface area contributed by atoms with Gasteiger partial charge in [0, 0.05) is 6.42 Å². The lowest BCUT2D eigenvalue weighted by molar-refractivity contribution is 0.352. The predicted molar refractivity (Wildman–Crippen MR) is 54.9 cm³/mol. The van der Waals surface area contributed by atoms with Gasteiger partial charge >= 0.3 is 0 Å². The monoisotopic (exact) mass is 187 g/mol. The Morgan fingerprint density at radius 2 is 2.29 bits per heavy atom. The van der Waals surface area contributed by atoms with Crippen LogP contribution in [0.2, 0.25) is 0 Å². The van der Waals surface area contributed by atoms with E-state index in [1.54, 1.807) is 6.08 Å². The first-order valence-corrected chi connectivity index (χ1v) is 5.00. The number of aliphatic imine (C=N–C) groups is 1. The Morgan fingerprint density at radius 3 is 2.93 bits per heavy atom. The molecule has 2 nitrogen and oxygen atoms in total. The van der Waals surface area contributed by atoms with E-state index in [-0.39, 0.29) is 5.54 Å². The molecule has 0 amide bonds. The van der Waals surface area contributed by atoms with E-state index in [0.717, 1.165) is 19.3 Å². The maximum Gasteiger partial charge on any atom is 0.235 e. The number of fused-ring (bicyclic) bond motifs is 1. The van der Waals surface area contributed by atoms with Crippen LogP contribution in [0.1, 0.15) is 30.9 Å². The van der Waals surface area contributed by atoms with Crippen molar-refractivity contribution in [3.8, 4) is 0 Å². The first kappa shape index (κ1) is 9.17. The molecule has 1 aromatic carbocycles. The molecular formula is C12H13NO. The summed E-state index contributed by atoms with van der Waals surface area (Å²) in [4.78, 5) is 14.4. The van der Waals surface area contributed by atoms with Crippen molar-refractivity contribution in [3.05, 3.63) is 35.4 Å². The quantitative estimate of drug-likeness (QED) is 0.528. The lowest BCUT2D eigenvalue weighted by Crippen LogP contribution is -2.36. The number of rotatable bonds is 3. The fourth-order valence-electron chi connectivity index (χ4n) is 2.31. The van der Waals surface area contributed by atoms with E-state index in [9.17, 15) is 4.79 Å². The maximum absolute atomic E-state index is 10.4. The number of isocyanates is 1. The molecule has 0 aromatic heterocycles. The van der Waals surface area contributed by atoms with Crippen molar-refractivity contribution in [1.82, 2.24) is 0 Å². The second-order valence-electron chi connectivity index (χ2n) is 3.82. The molecule has 0 radical (unpaired) electrons. The van der Waals surface area contributed by atoms with Crippen LogP contribution < -0.4 is 0 Å². The molecule has 1 atom stereocenters. The van der Waals surface area contributed by atoms with Crippen LogP contribution >= 0.6 is 0 Å². The highest BCUT2D eigenvalue weighted by atomic mass is 16.1. The zero-order valence-corrected chi connectivity index (χ0v) is 8.29. The van der Waals surface area contributed by atoms with Crippen LogP contribution in [-0.4, -0.2) is 6.08 Å². The Hall–Kier alpha value is -1.40. The zero-order chi connectivity index (χ0) is 10.0. The molecule has 1 unspecified atom stereocenters. The number of carbonyl (C=O) groups excluding carboxylic acids is 1. The van der Waals surface area contributed by atoms with Crippen molar-refractivity contribution in [1.29, 1.82) is 0 Å². The summed E-state index contributed by atoms with van der Waals surface area (Å²) in [5.74, 6) is 0. The Balaban J connectivity index is 2.39. The molecule has 1 aromatic rings. The molecule has 0 fully saturated rings. The first-order chi connectivity index (χ1) is 6.82. The predicted octanol–water partition coefficient (Wildman–Crippen LogP) is 2.57. The van der Waals surface area contributed by atoms with Crippen molar-refractivity contribution in [2.75, 3.05) is 0 Å². The molecular weight excluding hydrogens is 174 g/mol. The summed E-state index contributed by atoms with van der Waals surface area (Å²) in [6.45, 7) is 2.11. The third-order valence-electron chi connectivity index (χ3n) is 2.92. The van der Waals surface area contributed by atoms with Gasteiger partial charge in [0.05, 0.1) is 0 Å². The van der Waals surface area contributed by atoms with Crippen molar-refractivity contribution in [3.63, 3.8) is 0 Å². The molecule has 72 valence electrons. The van der Waals surface area contributed by atoms with E-state index < -0.39 is 0 Å². The van der Waals surface area contributed by atoms with Crippen molar-refractivity contribution < 1.29 is 4.79 Å². The summed E-state index contributed by atoms with van der Waals surface area (Å²) in [5, 5.41) is 0. The summed E-state index contributed by atoms with van der Waals surface area (Å²) < 4.78 is 0. The van der Waals surface area contributed by atoms with Crippen LogP contribution in [0.25, 0.3) is 0 Å². The lowest BCUT2D eigenvalue weighted by atomic mass is 9.69. The number of hydrogen-bond donors (Lipinski definition) is 0. The molecule has 1 aliphatic rings. The normalized spacial score (nSPS) is 23.2. The summed E-state index contributed by atoms with van der Waals surface area (Å²) in [6.07, 6.45) is 4.59. The molecule has 14 heavy (non-hydrogen) atoms. The third-order valence-corrected chi connectivity index (χ3v) is 2.92. The topological polar surface area (TPSA) is 29.4 Å². The molecule has 2 rings (SSSR count). The van der Waals surface area contributed by atoms with Gasteiger partial charge in [0.1, 0.15) is 5.54 Å². The molecule has 2 heteroatoms. The van der Waals surface area contributed by atoms with Crippen LogP contribution in [-0.2, 0) is 16.8 Å². The van der Waals surface area contributed by atoms with Gasteiger partial charge in [-0.1, -0.05) is 37.6 Å². The Bertz CT molecular complexity index is 393. The minimum Gasteiger partial charge on any atom is -0.211 e. The minimum atomic E-state index is -0.243. The third kappa shape index (κ3) is 1.19. The van der Waals surface area contributed by atoms with Gasteiger partial charge in [0.25, 0.3) is 0 Å². The average molecular weight is 187 g/mol. The van der Waals surface area contributed by atoms with Gasteiger partial charge in [0.15, 0.2) is 0 Å². The number of benzene rings is 1. The Morgan fingerprint density at radius 1 is 1.50 bits per heavy atom. The van der Waals surface area contributed by atoms with E-state index in [2.05, 4.69) is 24.0 Å². The van der Waals surface area contributed by atoms with Crippen molar-refractivity contribution in [2.24, 2.45) is 4.99 Å². The van der Waals surface area contributed by atoms with E-state index in [1.807, 2.05) is 12.1 Å². The molecule has 0 saturated heterocycles. The van der Waals surface area contributed by atoms with E-state index in [0.29, 0.717) is 0 Å². The molecule has 0 N–H and O–H groups in total. The molecule has 0 aliphatic heterocycles. The second kappa shape index (κ2) is 3.39. The van der Waals surface area contributed by atoms with Gasteiger partial charge in [-0.3, -0.25) is 0 Å². The van der Waals surface area contributed by atoms with Crippen LogP contribution in [0.5, 0.6) is 0 Å². The highest BCUT2D eigenvalue weighted by molar-refractivity contribution is 5.48. The molecule has 0 spiro atoms. The zero-order valence-electron chi connectivity index (χ0n) is 8.29. The van der Waals surface area contributed by atoms with Crippen molar-refractivity contribution >= 4 is 6.08 Å². The molecule has 1 aliphatic carbocycles. The molecule has 0 heterocycles. The van der Waals surface area contributed by atoms with E-state index in [1.165, 1.54) is 11.1 Å². The SMILES string of the molecule is CCCC1(N=C=O)Cc2ccccc21. The van der Waals surface area contributed by atoms with Crippen molar-refractivity contribution in [2.45, 2.75) is 31.7 Å². The number of hydrogen-bond acceptors (Lipinski definition) is 2. The summed E-state index contributed by atoms with van der Waals surface area (Å²) >= 11 is 0. The summed E-state index contributed by atoms with van der Waals surface area (Å²) in [7, 11) is 0. The van der Waals surface area contributed by atoms with Crippen LogP contribution in [0.4, 0.5) is 0 Å². The summed E-state index contributed by atoms with van der Waals surface area (Å²) in [6, 6.07) is 8.20. The molecule has 0 saturated carbocycles. The van der Waals surface area contributed by atoms with Crippen LogP contribution in [0.3, 0.4) is 0 Å². The van der Waals surface area contributed by atoms with Gasteiger partial charge < -0.3 is 0 Å². The standard InChI is InChI=1S/C12H13NO/c1-2-7-12(13-9-14)8-10-5-3-4-6-11(10)12/h3-6H,2,7-8H2,1H3. The first-order valence-electron chi connectivity index (χ1n) is 5.00. The van der Waals surface area contributed by atoms with Gasteiger partial charge in [-0.05, 0) is 17.5 Å². The fourth-order valence-corrected chi connectivity index (χ4v) is 2.31. The fraction of sp³-hybridized carbons (Fsp3) is 0.417. The lowest BCUT2D eigenvalue weighted by Gasteiger charge is -2.39. The van der Waals surface area contributed by atoms with Crippen LogP contribution in [0, 0.1) is 0 Å². The van der Waals surface area contributed by atoms with Crippen LogP contribution in [0.15, 0.2) is 29.3 Å². The molecule has 0 bridgehead atoms. The van der Waals surface area contributed by atoms with E-state index >= 15 is 0 Å². The highest BCUT2D eigenvalue weighted by Crippen LogP contribution is 2.45. The van der Waals surface area contributed by atoms with Gasteiger partial charge in [-0.2, -0.15) is 4.99 Å². The Kier molecular flexibility index (Phi) is 2.22. The minimum absolute atomic E-state index is 0.243. The van der Waals surface area contributed by atoms with Gasteiger partial charge in [-0.15, -0.1) is 0 Å². The van der Waals surface area contributed by atoms with E-state index in [4.69, 9.17) is 0 Å². The Labute approximate surface area is 83.7 Å². The largest absolute Gasteiger partial charge is 0.235 e. The smallest absolute Gasteiger partial charge is 0.211 e. The van der Waals surface area contributed by atoms with Gasteiger partial charge in [0.2, 0.25) is 6.08 Å². The average Bonchev–Trinajstić information content (AvgIpc) is 2.17. The highest BCUT2D eigenvalue weighted by Gasteiger charge is 2.41. The number of nitrogens with zero attached hydrogens (tertiary/aromatic N) is 1. The maximum atomic E-state index is 10.4. The van der Waals surface area contributed by atoms with Gasteiger partial charge in [-0.25, -0.2) is 4.79 Å². The second-order valence-corrected chi connectivity index (χ2v) is 3.82.